The van der Waals surface area contributed by atoms with E-state index in [1.165, 1.54) is 18.7 Å². The summed E-state index contributed by atoms with van der Waals surface area (Å²) in [6, 6.07) is 12.1. The highest BCUT2D eigenvalue weighted by molar-refractivity contribution is 7.89. The molecule has 1 atom stereocenters. The summed E-state index contributed by atoms with van der Waals surface area (Å²) < 4.78 is 33.3. The zero-order valence-corrected chi connectivity index (χ0v) is 16.5. The molecule has 3 rings (SSSR count). The molecule has 1 aliphatic rings. The van der Waals surface area contributed by atoms with E-state index in [1.54, 1.807) is 30.9 Å². The lowest BCUT2D eigenvalue weighted by molar-refractivity contribution is -0.133. The molecule has 144 valence electrons. The zero-order valence-electron chi connectivity index (χ0n) is 15.7. The van der Waals surface area contributed by atoms with Crippen molar-refractivity contribution in [2.75, 3.05) is 13.7 Å². The van der Waals surface area contributed by atoms with Gasteiger partial charge in [0, 0.05) is 13.1 Å². The van der Waals surface area contributed by atoms with E-state index in [9.17, 15) is 13.2 Å². The standard InChI is InChI=1S/C20H24N2O4S/c1-14-8-9-18(26-3)19(12-14)27(24,25)21-15(2)20(23)22-11-10-16-6-4-5-7-17(16)13-22/h4-9,12,15,21H,10-11,13H2,1-3H3/t15-/m1/s1. The number of amides is 1. The number of methoxy groups -OCH3 is 1. The fourth-order valence-electron chi connectivity index (χ4n) is 3.30. The molecule has 1 amide bonds. The van der Waals surface area contributed by atoms with Crippen LogP contribution >= 0.6 is 0 Å². The monoisotopic (exact) mass is 388 g/mol. The molecule has 0 radical (unpaired) electrons. The van der Waals surface area contributed by atoms with Gasteiger partial charge in [-0.2, -0.15) is 4.72 Å². The third kappa shape index (κ3) is 4.14. The number of hydrogen-bond donors (Lipinski definition) is 1. The van der Waals surface area contributed by atoms with E-state index in [2.05, 4.69) is 10.8 Å². The van der Waals surface area contributed by atoms with Crippen molar-refractivity contribution in [2.24, 2.45) is 0 Å². The summed E-state index contributed by atoms with van der Waals surface area (Å²) in [7, 11) is -2.47. The normalized spacial score (nSPS) is 15.1. The molecule has 27 heavy (non-hydrogen) atoms. The lowest BCUT2D eigenvalue weighted by Gasteiger charge is -2.31. The molecular weight excluding hydrogens is 364 g/mol. The van der Waals surface area contributed by atoms with Gasteiger partial charge in [-0.15, -0.1) is 0 Å². The number of carbonyl (C=O) groups excluding carboxylic acids is 1. The Balaban J connectivity index is 1.76. The van der Waals surface area contributed by atoms with Crippen LogP contribution in [-0.2, 0) is 27.8 Å². The molecule has 1 aliphatic heterocycles. The van der Waals surface area contributed by atoms with E-state index in [4.69, 9.17) is 4.74 Å². The summed E-state index contributed by atoms with van der Waals surface area (Å²) in [4.78, 5) is 14.5. The van der Waals surface area contributed by atoms with Crippen molar-refractivity contribution in [2.45, 2.75) is 37.8 Å². The third-order valence-corrected chi connectivity index (χ3v) is 6.32. The van der Waals surface area contributed by atoms with E-state index in [1.807, 2.05) is 18.2 Å². The SMILES string of the molecule is COc1ccc(C)cc1S(=O)(=O)N[C@H](C)C(=O)N1CCc2ccccc2C1. The first-order valence-electron chi connectivity index (χ1n) is 8.84. The van der Waals surface area contributed by atoms with Gasteiger partial charge in [-0.25, -0.2) is 8.42 Å². The second-order valence-electron chi connectivity index (χ2n) is 6.78. The average Bonchev–Trinajstić information content (AvgIpc) is 2.66. The number of sulfonamides is 1. The fraction of sp³-hybridized carbons (Fsp3) is 0.350. The van der Waals surface area contributed by atoms with E-state index in [-0.39, 0.29) is 16.6 Å². The predicted molar refractivity (Wildman–Crippen MR) is 103 cm³/mol. The molecule has 0 aromatic heterocycles. The molecule has 0 unspecified atom stereocenters. The third-order valence-electron chi connectivity index (χ3n) is 4.75. The maximum atomic E-state index is 12.8. The summed E-state index contributed by atoms with van der Waals surface area (Å²) in [6.45, 7) is 4.45. The first kappa shape index (κ1) is 19.4. The molecule has 2 aromatic rings. The lowest BCUT2D eigenvalue weighted by Crippen LogP contribution is -2.48. The Morgan fingerprint density at radius 1 is 1.19 bits per heavy atom. The van der Waals surface area contributed by atoms with Crippen LogP contribution in [0.1, 0.15) is 23.6 Å². The maximum absolute atomic E-state index is 12.8. The van der Waals surface area contributed by atoms with Crippen molar-refractivity contribution >= 4 is 15.9 Å². The number of rotatable bonds is 5. The van der Waals surface area contributed by atoms with Gasteiger partial charge >= 0.3 is 0 Å². The number of nitrogens with one attached hydrogen (secondary N) is 1. The van der Waals surface area contributed by atoms with Crippen LogP contribution in [0.3, 0.4) is 0 Å². The number of hydrogen-bond acceptors (Lipinski definition) is 4. The second kappa shape index (κ2) is 7.70. The van der Waals surface area contributed by atoms with Gasteiger partial charge in [0.2, 0.25) is 15.9 Å². The number of benzene rings is 2. The molecule has 2 aromatic carbocycles. The van der Waals surface area contributed by atoms with Gasteiger partial charge in [-0.1, -0.05) is 30.3 Å². The fourth-order valence-corrected chi connectivity index (χ4v) is 4.75. The summed E-state index contributed by atoms with van der Waals surface area (Å²) in [5, 5.41) is 0. The van der Waals surface area contributed by atoms with Gasteiger partial charge in [0.05, 0.1) is 13.2 Å². The molecule has 0 spiro atoms. The Hall–Kier alpha value is -2.38. The molecule has 0 aliphatic carbocycles. The topological polar surface area (TPSA) is 75.7 Å². The summed E-state index contributed by atoms with van der Waals surface area (Å²) in [5.41, 5.74) is 3.13. The Morgan fingerprint density at radius 2 is 1.89 bits per heavy atom. The Labute approximate surface area is 160 Å². The number of aryl methyl sites for hydroxylation is 1. The quantitative estimate of drug-likeness (QED) is 0.852. The van der Waals surface area contributed by atoms with Crippen molar-refractivity contribution in [1.82, 2.24) is 9.62 Å². The highest BCUT2D eigenvalue weighted by Crippen LogP contribution is 2.25. The van der Waals surface area contributed by atoms with Gasteiger partial charge in [-0.05, 0) is 49.1 Å². The number of ether oxygens (including phenoxy) is 1. The maximum Gasteiger partial charge on any atom is 0.244 e. The van der Waals surface area contributed by atoms with Crippen molar-refractivity contribution in [1.29, 1.82) is 0 Å². The van der Waals surface area contributed by atoms with Crippen molar-refractivity contribution in [3.05, 3.63) is 59.2 Å². The molecular formula is C20H24N2O4S. The largest absolute Gasteiger partial charge is 0.495 e. The molecule has 0 bridgehead atoms. The van der Waals surface area contributed by atoms with Crippen LogP contribution in [0.5, 0.6) is 5.75 Å². The first-order valence-corrected chi connectivity index (χ1v) is 10.3. The molecule has 7 heteroatoms. The molecule has 1 N–H and O–H groups in total. The highest BCUT2D eigenvalue weighted by Gasteiger charge is 2.29. The van der Waals surface area contributed by atoms with Crippen molar-refractivity contribution in [3.63, 3.8) is 0 Å². The first-order chi connectivity index (χ1) is 12.8. The van der Waals surface area contributed by atoms with Gasteiger partial charge < -0.3 is 9.64 Å². The van der Waals surface area contributed by atoms with Crippen LogP contribution in [-0.4, -0.2) is 38.9 Å². The van der Waals surface area contributed by atoms with E-state index >= 15 is 0 Å². The predicted octanol–water partition coefficient (Wildman–Crippen LogP) is 2.26. The summed E-state index contributed by atoms with van der Waals surface area (Å²) in [5.74, 6) is 0.0133. The number of nitrogens with zero attached hydrogens (tertiary/aromatic N) is 1. The van der Waals surface area contributed by atoms with Crippen LogP contribution in [0.25, 0.3) is 0 Å². The minimum Gasteiger partial charge on any atom is -0.495 e. The molecule has 0 fully saturated rings. The summed E-state index contributed by atoms with van der Waals surface area (Å²) >= 11 is 0. The molecule has 0 saturated heterocycles. The Morgan fingerprint density at radius 3 is 2.59 bits per heavy atom. The van der Waals surface area contributed by atoms with Crippen LogP contribution in [0.15, 0.2) is 47.4 Å². The van der Waals surface area contributed by atoms with Crippen molar-refractivity contribution < 1.29 is 17.9 Å². The Bertz CT molecular complexity index is 956. The number of carbonyl (C=O) groups is 1. The molecule has 1 heterocycles. The minimum atomic E-state index is -3.89. The molecule has 0 saturated carbocycles. The van der Waals surface area contributed by atoms with E-state index in [0.29, 0.717) is 13.1 Å². The van der Waals surface area contributed by atoms with Gasteiger partial charge in [0.1, 0.15) is 10.6 Å². The van der Waals surface area contributed by atoms with Gasteiger partial charge in [-0.3, -0.25) is 4.79 Å². The highest BCUT2D eigenvalue weighted by atomic mass is 32.2. The van der Waals surface area contributed by atoms with Gasteiger partial charge in [0.15, 0.2) is 0 Å². The number of fused-ring (bicyclic) bond motifs is 1. The average molecular weight is 388 g/mol. The molecule has 6 nitrogen and oxygen atoms in total. The minimum absolute atomic E-state index is 0.0358. The van der Waals surface area contributed by atoms with Gasteiger partial charge in [0.25, 0.3) is 0 Å². The van der Waals surface area contributed by atoms with Crippen LogP contribution in [0, 0.1) is 6.92 Å². The smallest absolute Gasteiger partial charge is 0.244 e. The Kier molecular flexibility index (Phi) is 5.53. The zero-order chi connectivity index (χ0) is 19.6. The van der Waals surface area contributed by atoms with Crippen LogP contribution < -0.4 is 9.46 Å². The lowest BCUT2D eigenvalue weighted by atomic mass is 9.99. The van der Waals surface area contributed by atoms with E-state index in [0.717, 1.165) is 17.5 Å². The van der Waals surface area contributed by atoms with E-state index < -0.39 is 16.1 Å². The van der Waals surface area contributed by atoms with Crippen LogP contribution in [0.4, 0.5) is 0 Å². The second-order valence-corrected chi connectivity index (χ2v) is 8.46. The summed E-state index contributed by atoms with van der Waals surface area (Å²) in [6.07, 6.45) is 0.771. The van der Waals surface area contributed by atoms with Crippen molar-refractivity contribution in [3.8, 4) is 5.75 Å². The van der Waals surface area contributed by atoms with Crippen LogP contribution in [0.2, 0.25) is 0 Å².